The first-order valence-electron chi connectivity index (χ1n) is 12.6. The summed E-state index contributed by atoms with van der Waals surface area (Å²) in [4.78, 5) is 4.40. The van der Waals surface area contributed by atoms with Crippen molar-refractivity contribution in [2.75, 3.05) is 0 Å². The normalized spacial score (nSPS) is 33.4. The van der Waals surface area contributed by atoms with Crippen LogP contribution in [0.2, 0.25) is 0 Å². The molecule has 0 saturated heterocycles. The number of hydrogen-bond donors (Lipinski definition) is 2. The molecule has 0 amide bonds. The molecule has 1 aliphatic heterocycles. The van der Waals surface area contributed by atoms with Gasteiger partial charge in [-0.05, 0) is 73.3 Å². The number of imidazole rings is 1. The third-order valence-electron chi connectivity index (χ3n) is 9.30. The highest BCUT2D eigenvalue weighted by atomic mass is 16.3. The molecule has 2 bridgehead atoms. The molecular formula is C29H34N2O2. The van der Waals surface area contributed by atoms with Crippen molar-refractivity contribution >= 4 is 0 Å². The Kier molecular flexibility index (Phi) is 5.00. The van der Waals surface area contributed by atoms with E-state index in [-0.39, 0.29) is 17.4 Å². The van der Waals surface area contributed by atoms with E-state index in [2.05, 4.69) is 52.9 Å². The zero-order chi connectivity index (χ0) is 22.6. The average Bonchev–Trinajstić information content (AvgIpc) is 3.44. The van der Waals surface area contributed by atoms with Gasteiger partial charge in [0.05, 0.1) is 36.0 Å². The molecular weight excluding hydrogens is 408 g/mol. The lowest BCUT2D eigenvalue weighted by atomic mass is 9.52. The first-order chi connectivity index (χ1) is 16.0. The van der Waals surface area contributed by atoms with Gasteiger partial charge in [0.15, 0.2) is 0 Å². The average molecular weight is 443 g/mol. The molecule has 2 aliphatic carbocycles. The number of fused-ring (bicyclic) bond motifs is 5. The van der Waals surface area contributed by atoms with Crippen LogP contribution in [0.5, 0.6) is 0 Å². The number of nitrogens with zero attached hydrogens (tertiary/aromatic N) is 2. The summed E-state index contributed by atoms with van der Waals surface area (Å²) in [5.74, 6) is 0.781. The van der Waals surface area contributed by atoms with Gasteiger partial charge >= 0.3 is 0 Å². The molecule has 1 aromatic heterocycles. The summed E-state index contributed by atoms with van der Waals surface area (Å²) in [6.07, 6.45) is 9.95. The zero-order valence-corrected chi connectivity index (χ0v) is 19.4. The van der Waals surface area contributed by atoms with Gasteiger partial charge in [-0.15, -0.1) is 0 Å². The van der Waals surface area contributed by atoms with Crippen LogP contribution in [0.3, 0.4) is 0 Å². The van der Waals surface area contributed by atoms with Crippen LogP contribution in [0.25, 0.3) is 11.3 Å². The fourth-order valence-electron chi connectivity index (χ4n) is 7.47. The number of aliphatic hydroxyl groups is 2. The van der Waals surface area contributed by atoms with Crippen molar-refractivity contribution in [3.63, 3.8) is 0 Å². The van der Waals surface area contributed by atoms with Crippen LogP contribution in [0.15, 0.2) is 67.1 Å². The van der Waals surface area contributed by atoms with E-state index in [9.17, 15) is 10.2 Å². The van der Waals surface area contributed by atoms with Gasteiger partial charge in [-0.2, -0.15) is 0 Å². The molecule has 2 N–H and O–H groups in total. The Morgan fingerprint density at radius 2 is 1.88 bits per heavy atom. The fraction of sp³-hybridized carbons (Fsp3) is 0.483. The molecule has 2 saturated carbocycles. The van der Waals surface area contributed by atoms with Gasteiger partial charge in [0.25, 0.3) is 0 Å². The van der Waals surface area contributed by atoms with E-state index in [1.807, 2.05) is 30.7 Å². The predicted molar refractivity (Wildman–Crippen MR) is 130 cm³/mol. The first kappa shape index (κ1) is 21.1. The summed E-state index contributed by atoms with van der Waals surface area (Å²) in [7, 11) is 0. The smallest absolute Gasteiger partial charge is 0.0956 e. The zero-order valence-electron chi connectivity index (χ0n) is 19.4. The third-order valence-corrected chi connectivity index (χ3v) is 9.30. The van der Waals surface area contributed by atoms with Gasteiger partial charge in [-0.3, -0.25) is 0 Å². The van der Waals surface area contributed by atoms with E-state index in [0.717, 1.165) is 49.8 Å². The lowest BCUT2D eigenvalue weighted by molar-refractivity contribution is -0.142. The maximum atomic E-state index is 11.9. The minimum Gasteiger partial charge on any atom is -0.392 e. The Morgan fingerprint density at radius 3 is 2.70 bits per heavy atom. The minimum absolute atomic E-state index is 0.117. The summed E-state index contributed by atoms with van der Waals surface area (Å²) in [5, 5.41) is 23.7. The largest absolute Gasteiger partial charge is 0.392 e. The molecule has 33 heavy (non-hydrogen) atoms. The van der Waals surface area contributed by atoms with E-state index in [1.165, 1.54) is 11.1 Å². The summed E-state index contributed by atoms with van der Waals surface area (Å²) < 4.78 is 2.24. The lowest BCUT2D eigenvalue weighted by Gasteiger charge is -2.55. The van der Waals surface area contributed by atoms with Crippen LogP contribution in [0.4, 0.5) is 0 Å². The van der Waals surface area contributed by atoms with Crippen molar-refractivity contribution < 1.29 is 10.2 Å². The van der Waals surface area contributed by atoms with Crippen LogP contribution >= 0.6 is 0 Å². The SMILES string of the molecule is CCC1(C(O)CC2c3ccccc3-c3cncn32)CC2CCC(O)(c3ccccc3)C(C2)C1. The van der Waals surface area contributed by atoms with Crippen LogP contribution in [-0.4, -0.2) is 25.9 Å². The maximum absolute atomic E-state index is 11.9. The van der Waals surface area contributed by atoms with Crippen LogP contribution < -0.4 is 0 Å². The molecule has 3 aromatic rings. The number of benzene rings is 2. The van der Waals surface area contributed by atoms with Crippen molar-refractivity contribution in [3.05, 3.63) is 78.2 Å². The Labute approximate surface area is 196 Å². The molecule has 4 heteroatoms. The second-order valence-corrected chi connectivity index (χ2v) is 10.8. The summed E-state index contributed by atoms with van der Waals surface area (Å²) in [6, 6.07) is 18.9. The van der Waals surface area contributed by atoms with Crippen LogP contribution in [-0.2, 0) is 5.60 Å². The van der Waals surface area contributed by atoms with Gasteiger partial charge in [0, 0.05) is 5.56 Å². The predicted octanol–water partition coefficient (Wildman–Crippen LogP) is 5.70. The molecule has 172 valence electrons. The quantitative estimate of drug-likeness (QED) is 0.533. The van der Waals surface area contributed by atoms with Gasteiger partial charge in [0.1, 0.15) is 0 Å². The standard InChI is InChI=1S/C29H34N2O2/c1-2-28(16-20-12-13-29(33,22(14-20)17-28)21-8-4-3-5-9-21)27(32)15-25-23-10-6-7-11-24(23)26-18-30-19-31(25)26/h3-11,18-20,22,25,27,32-33H,2,12-17H2,1H3. The monoisotopic (exact) mass is 442 g/mol. The van der Waals surface area contributed by atoms with E-state index in [4.69, 9.17) is 0 Å². The molecule has 2 aromatic carbocycles. The Hall–Kier alpha value is -2.43. The number of hydrogen-bond acceptors (Lipinski definition) is 3. The fourth-order valence-corrected chi connectivity index (χ4v) is 7.47. The van der Waals surface area contributed by atoms with Gasteiger partial charge in [0.2, 0.25) is 0 Å². The Bertz CT molecular complexity index is 1140. The van der Waals surface area contributed by atoms with E-state index < -0.39 is 11.7 Å². The molecule has 6 unspecified atom stereocenters. The third kappa shape index (κ3) is 3.22. The number of aliphatic hydroxyl groups excluding tert-OH is 1. The van der Waals surface area contributed by atoms with Crippen LogP contribution in [0, 0.1) is 17.3 Å². The van der Waals surface area contributed by atoms with Gasteiger partial charge in [-0.1, -0.05) is 61.5 Å². The second-order valence-electron chi connectivity index (χ2n) is 10.8. The Balaban J connectivity index is 1.30. The van der Waals surface area contributed by atoms with Crippen molar-refractivity contribution in [2.45, 2.75) is 69.6 Å². The van der Waals surface area contributed by atoms with Crippen molar-refractivity contribution in [1.29, 1.82) is 0 Å². The summed E-state index contributed by atoms with van der Waals surface area (Å²) >= 11 is 0. The molecule has 6 atom stereocenters. The van der Waals surface area contributed by atoms with Gasteiger partial charge in [-0.25, -0.2) is 4.98 Å². The second kappa shape index (κ2) is 7.82. The van der Waals surface area contributed by atoms with Gasteiger partial charge < -0.3 is 14.8 Å². The highest BCUT2D eigenvalue weighted by Crippen LogP contribution is 2.58. The highest BCUT2D eigenvalue weighted by Gasteiger charge is 2.53. The van der Waals surface area contributed by atoms with Crippen molar-refractivity contribution in [3.8, 4) is 11.3 Å². The van der Waals surface area contributed by atoms with E-state index in [1.54, 1.807) is 0 Å². The highest BCUT2D eigenvalue weighted by molar-refractivity contribution is 5.68. The lowest BCUT2D eigenvalue weighted by Crippen LogP contribution is -2.51. The molecule has 0 radical (unpaired) electrons. The first-order valence-corrected chi connectivity index (χ1v) is 12.6. The van der Waals surface area contributed by atoms with Crippen molar-refractivity contribution in [1.82, 2.24) is 9.55 Å². The Morgan fingerprint density at radius 1 is 1.09 bits per heavy atom. The number of aromatic nitrogens is 2. The molecule has 2 fully saturated rings. The number of rotatable bonds is 5. The minimum atomic E-state index is -0.782. The van der Waals surface area contributed by atoms with Crippen LogP contribution in [0.1, 0.15) is 69.0 Å². The molecule has 2 heterocycles. The van der Waals surface area contributed by atoms with E-state index >= 15 is 0 Å². The maximum Gasteiger partial charge on any atom is 0.0956 e. The topological polar surface area (TPSA) is 58.3 Å². The van der Waals surface area contributed by atoms with E-state index in [0.29, 0.717) is 12.3 Å². The molecule has 0 spiro atoms. The summed E-state index contributed by atoms with van der Waals surface area (Å²) in [6.45, 7) is 2.23. The summed E-state index contributed by atoms with van der Waals surface area (Å²) in [5.41, 5.74) is 3.77. The molecule has 6 rings (SSSR count). The van der Waals surface area contributed by atoms with Crippen molar-refractivity contribution in [2.24, 2.45) is 17.3 Å². The molecule has 4 nitrogen and oxygen atoms in total. The molecule has 3 aliphatic rings.